The Bertz CT molecular complexity index is 593. The van der Waals surface area contributed by atoms with Crippen LogP contribution in [0, 0.1) is 13.8 Å². The minimum absolute atomic E-state index is 0.0498. The highest BCUT2D eigenvalue weighted by atomic mass is 16.5. The normalized spacial score (nSPS) is 10.4. The van der Waals surface area contributed by atoms with Crippen LogP contribution in [0.2, 0.25) is 0 Å². The van der Waals surface area contributed by atoms with Crippen molar-refractivity contribution in [3.05, 3.63) is 47.3 Å². The van der Waals surface area contributed by atoms with Gasteiger partial charge in [0.2, 0.25) is 0 Å². The highest BCUT2D eigenvalue weighted by Gasteiger charge is 2.04. The zero-order chi connectivity index (χ0) is 15.1. The maximum Gasteiger partial charge on any atom is 0.257 e. The molecule has 1 heterocycles. The summed E-state index contributed by atoms with van der Waals surface area (Å²) in [5.41, 5.74) is 3.40. The maximum atomic E-state index is 11.7. The number of aryl methyl sites for hydroxylation is 3. The molecule has 21 heavy (non-hydrogen) atoms. The van der Waals surface area contributed by atoms with Gasteiger partial charge in [-0.15, -0.1) is 0 Å². The van der Waals surface area contributed by atoms with Gasteiger partial charge in [0.1, 0.15) is 5.75 Å². The van der Waals surface area contributed by atoms with E-state index in [1.807, 2.05) is 44.3 Å². The summed E-state index contributed by atoms with van der Waals surface area (Å²) in [5, 5.41) is 9.73. The van der Waals surface area contributed by atoms with E-state index in [0.29, 0.717) is 6.54 Å². The third-order valence-corrected chi connectivity index (χ3v) is 3.24. The highest BCUT2D eigenvalue weighted by Crippen LogP contribution is 2.11. The third-order valence-electron chi connectivity index (χ3n) is 3.24. The van der Waals surface area contributed by atoms with Gasteiger partial charge in [0, 0.05) is 12.2 Å². The molecule has 2 N–H and O–H groups in total. The number of carbonyl (C=O) groups excluding carboxylic acids is 1. The molecule has 0 unspecified atom stereocenters. The monoisotopic (exact) mass is 287 g/mol. The number of aromatic amines is 1. The van der Waals surface area contributed by atoms with Crippen LogP contribution in [0.3, 0.4) is 0 Å². The lowest BCUT2D eigenvalue weighted by atomic mass is 10.1. The highest BCUT2D eigenvalue weighted by molar-refractivity contribution is 5.77. The minimum Gasteiger partial charge on any atom is -0.484 e. The van der Waals surface area contributed by atoms with E-state index in [-0.39, 0.29) is 12.5 Å². The van der Waals surface area contributed by atoms with Gasteiger partial charge in [-0.25, -0.2) is 0 Å². The number of amides is 1. The van der Waals surface area contributed by atoms with Crippen LogP contribution < -0.4 is 10.1 Å². The molecule has 112 valence electrons. The summed E-state index contributed by atoms with van der Waals surface area (Å²) in [5.74, 6) is 0.625. The van der Waals surface area contributed by atoms with Crippen LogP contribution in [0.4, 0.5) is 0 Å². The molecule has 0 fully saturated rings. The fraction of sp³-hybridized carbons (Fsp3) is 0.375. The van der Waals surface area contributed by atoms with Crippen LogP contribution in [0.15, 0.2) is 30.5 Å². The fourth-order valence-electron chi connectivity index (χ4n) is 2.04. The van der Waals surface area contributed by atoms with Gasteiger partial charge in [-0.3, -0.25) is 9.89 Å². The predicted octanol–water partition coefficient (Wildman–Crippen LogP) is 2.15. The average molecular weight is 287 g/mol. The van der Waals surface area contributed by atoms with Crippen molar-refractivity contribution in [3.8, 4) is 5.75 Å². The van der Waals surface area contributed by atoms with E-state index in [1.165, 1.54) is 5.56 Å². The van der Waals surface area contributed by atoms with Crippen molar-refractivity contribution in [2.75, 3.05) is 13.2 Å². The molecule has 1 aromatic carbocycles. The summed E-state index contributed by atoms with van der Waals surface area (Å²) in [4.78, 5) is 11.7. The van der Waals surface area contributed by atoms with Crippen LogP contribution in [0.1, 0.15) is 23.2 Å². The first-order valence-corrected chi connectivity index (χ1v) is 7.10. The number of ether oxygens (including phenoxy) is 1. The minimum atomic E-state index is -0.0968. The summed E-state index contributed by atoms with van der Waals surface area (Å²) in [7, 11) is 0. The molecular weight excluding hydrogens is 266 g/mol. The smallest absolute Gasteiger partial charge is 0.257 e. The zero-order valence-corrected chi connectivity index (χ0v) is 12.5. The summed E-state index contributed by atoms with van der Waals surface area (Å²) >= 11 is 0. The first-order chi connectivity index (χ1) is 10.1. The lowest BCUT2D eigenvalue weighted by Gasteiger charge is -2.08. The van der Waals surface area contributed by atoms with Crippen LogP contribution in [0.5, 0.6) is 5.75 Å². The quantitative estimate of drug-likeness (QED) is 0.767. The number of hydrogen-bond donors (Lipinski definition) is 2. The number of hydrogen-bond acceptors (Lipinski definition) is 3. The molecule has 0 aliphatic rings. The lowest BCUT2D eigenvalue weighted by Crippen LogP contribution is -2.29. The Balaban J connectivity index is 1.63. The summed E-state index contributed by atoms with van der Waals surface area (Å²) in [6, 6.07) is 7.66. The van der Waals surface area contributed by atoms with Gasteiger partial charge >= 0.3 is 0 Å². The van der Waals surface area contributed by atoms with Gasteiger partial charge in [0.25, 0.3) is 5.91 Å². The zero-order valence-electron chi connectivity index (χ0n) is 12.5. The Kier molecular flexibility index (Phi) is 5.37. The largest absolute Gasteiger partial charge is 0.484 e. The predicted molar refractivity (Wildman–Crippen MR) is 81.3 cm³/mol. The van der Waals surface area contributed by atoms with Crippen LogP contribution in [-0.4, -0.2) is 29.3 Å². The first-order valence-electron chi connectivity index (χ1n) is 7.10. The first kappa shape index (κ1) is 15.1. The standard InChI is InChI=1S/C16H21N3O2/c1-12-5-3-7-15(9-12)21-11-16(20)17-8-4-6-14-10-18-19-13(14)2/h3,5,7,9-10H,4,6,8,11H2,1-2H3,(H,17,20)(H,18,19). The van der Waals surface area contributed by atoms with Crippen molar-refractivity contribution < 1.29 is 9.53 Å². The van der Waals surface area contributed by atoms with E-state index >= 15 is 0 Å². The SMILES string of the molecule is Cc1cccc(OCC(=O)NCCCc2cn[nH]c2C)c1. The summed E-state index contributed by atoms with van der Waals surface area (Å²) < 4.78 is 5.44. The van der Waals surface area contributed by atoms with E-state index in [1.54, 1.807) is 0 Å². The van der Waals surface area contributed by atoms with Gasteiger partial charge in [-0.2, -0.15) is 5.10 Å². The van der Waals surface area contributed by atoms with Crippen molar-refractivity contribution >= 4 is 5.91 Å². The fourth-order valence-corrected chi connectivity index (χ4v) is 2.04. The molecule has 0 bridgehead atoms. The maximum absolute atomic E-state index is 11.7. The third kappa shape index (κ3) is 4.95. The van der Waals surface area contributed by atoms with E-state index in [4.69, 9.17) is 4.74 Å². The van der Waals surface area contributed by atoms with Gasteiger partial charge in [0.05, 0.1) is 6.20 Å². The number of rotatable bonds is 7. The number of nitrogens with zero attached hydrogens (tertiary/aromatic N) is 1. The second kappa shape index (κ2) is 7.47. The van der Waals surface area contributed by atoms with E-state index in [0.717, 1.165) is 29.8 Å². The summed E-state index contributed by atoms with van der Waals surface area (Å²) in [6.45, 7) is 4.68. The Morgan fingerprint density at radius 1 is 1.38 bits per heavy atom. The Hall–Kier alpha value is -2.30. The number of carbonyl (C=O) groups is 1. The number of H-pyrrole nitrogens is 1. The molecule has 1 aromatic heterocycles. The molecule has 0 spiro atoms. The number of benzene rings is 1. The molecule has 5 nitrogen and oxygen atoms in total. The lowest BCUT2D eigenvalue weighted by molar-refractivity contribution is -0.123. The molecule has 0 aliphatic heterocycles. The molecule has 0 radical (unpaired) electrons. The Morgan fingerprint density at radius 2 is 2.24 bits per heavy atom. The second-order valence-corrected chi connectivity index (χ2v) is 5.08. The molecule has 0 saturated heterocycles. The molecule has 0 atom stereocenters. The molecule has 2 aromatic rings. The molecule has 0 aliphatic carbocycles. The van der Waals surface area contributed by atoms with E-state index < -0.39 is 0 Å². The summed E-state index contributed by atoms with van der Waals surface area (Å²) in [6.07, 6.45) is 3.62. The van der Waals surface area contributed by atoms with Crippen molar-refractivity contribution in [2.45, 2.75) is 26.7 Å². The Labute approximate surface area is 124 Å². The number of aromatic nitrogens is 2. The topological polar surface area (TPSA) is 67.0 Å². The van der Waals surface area contributed by atoms with E-state index in [2.05, 4.69) is 15.5 Å². The van der Waals surface area contributed by atoms with Gasteiger partial charge in [-0.05, 0) is 49.9 Å². The van der Waals surface area contributed by atoms with Crippen LogP contribution in [0.25, 0.3) is 0 Å². The molecule has 0 saturated carbocycles. The number of nitrogens with one attached hydrogen (secondary N) is 2. The molecule has 2 rings (SSSR count). The van der Waals surface area contributed by atoms with Gasteiger partial charge in [-0.1, -0.05) is 12.1 Å². The van der Waals surface area contributed by atoms with Crippen molar-refractivity contribution in [1.29, 1.82) is 0 Å². The van der Waals surface area contributed by atoms with Crippen molar-refractivity contribution in [3.63, 3.8) is 0 Å². The van der Waals surface area contributed by atoms with Crippen LogP contribution >= 0.6 is 0 Å². The van der Waals surface area contributed by atoms with Gasteiger partial charge < -0.3 is 10.1 Å². The van der Waals surface area contributed by atoms with E-state index in [9.17, 15) is 4.79 Å². The Morgan fingerprint density at radius 3 is 2.95 bits per heavy atom. The average Bonchev–Trinajstić information content (AvgIpc) is 2.87. The van der Waals surface area contributed by atoms with Crippen molar-refractivity contribution in [2.24, 2.45) is 0 Å². The molecule has 5 heteroatoms. The van der Waals surface area contributed by atoms with Crippen molar-refractivity contribution in [1.82, 2.24) is 15.5 Å². The van der Waals surface area contributed by atoms with Crippen LogP contribution in [-0.2, 0) is 11.2 Å². The molecular formula is C16H21N3O2. The van der Waals surface area contributed by atoms with Gasteiger partial charge in [0.15, 0.2) is 6.61 Å². The molecule has 1 amide bonds. The second-order valence-electron chi connectivity index (χ2n) is 5.08.